The number of pyridine rings is 1. The number of nitrogens with one attached hydrogen (secondary N) is 1. The van der Waals surface area contributed by atoms with Gasteiger partial charge in [0.2, 0.25) is 10.0 Å². The Kier molecular flexibility index (Phi) is 2.94. The number of aromatic nitrogens is 1. The molecule has 16 heavy (non-hydrogen) atoms. The highest BCUT2D eigenvalue weighted by Gasteiger charge is 2.24. The first-order valence-electron chi connectivity index (χ1n) is 4.74. The minimum absolute atomic E-state index is 0.105. The van der Waals surface area contributed by atoms with Gasteiger partial charge in [0.05, 0.1) is 24.2 Å². The standard InChI is InChI=1S/C9H11ClN2O3S/c1-16(13,14)12-8-4-7(5-11-9(8)10)15-6-2-3-6/h4-6,12H,2-3H2,1H3. The molecule has 1 fully saturated rings. The molecule has 1 N–H and O–H groups in total. The monoisotopic (exact) mass is 262 g/mol. The summed E-state index contributed by atoms with van der Waals surface area (Å²) in [5.74, 6) is 0.526. The molecule has 1 heterocycles. The van der Waals surface area contributed by atoms with E-state index in [1.165, 1.54) is 12.3 Å². The highest BCUT2D eigenvalue weighted by Crippen LogP contribution is 2.30. The molecule has 0 radical (unpaired) electrons. The maximum atomic E-state index is 11.1. The topological polar surface area (TPSA) is 68.3 Å². The largest absolute Gasteiger partial charge is 0.489 e. The van der Waals surface area contributed by atoms with E-state index in [0.717, 1.165) is 19.1 Å². The number of ether oxygens (including phenoxy) is 1. The maximum absolute atomic E-state index is 11.1. The lowest BCUT2D eigenvalue weighted by Crippen LogP contribution is -2.10. The molecular weight excluding hydrogens is 252 g/mol. The molecule has 7 heteroatoms. The number of rotatable bonds is 4. The second-order valence-corrected chi connectivity index (χ2v) is 5.81. The van der Waals surface area contributed by atoms with Crippen molar-refractivity contribution in [2.75, 3.05) is 11.0 Å². The zero-order valence-corrected chi connectivity index (χ0v) is 10.2. The summed E-state index contributed by atoms with van der Waals surface area (Å²) in [6.45, 7) is 0. The molecule has 2 rings (SSSR count). The zero-order valence-electron chi connectivity index (χ0n) is 8.60. The van der Waals surface area contributed by atoms with Gasteiger partial charge in [-0.05, 0) is 12.8 Å². The summed E-state index contributed by atoms with van der Waals surface area (Å²) in [6.07, 6.45) is 4.81. The van der Waals surface area contributed by atoms with Gasteiger partial charge in [0.15, 0.2) is 5.15 Å². The number of sulfonamides is 1. The molecule has 5 nitrogen and oxygen atoms in total. The summed E-state index contributed by atoms with van der Waals surface area (Å²) in [7, 11) is -3.36. The molecule has 0 bridgehead atoms. The van der Waals surface area contributed by atoms with Crippen molar-refractivity contribution in [3.05, 3.63) is 17.4 Å². The van der Waals surface area contributed by atoms with E-state index < -0.39 is 10.0 Å². The Bertz CT molecular complexity index is 499. The predicted octanol–water partition coefficient (Wildman–Crippen LogP) is 1.65. The van der Waals surface area contributed by atoms with Gasteiger partial charge in [-0.15, -0.1) is 0 Å². The number of hydrogen-bond donors (Lipinski definition) is 1. The van der Waals surface area contributed by atoms with Crippen molar-refractivity contribution in [1.29, 1.82) is 0 Å². The zero-order chi connectivity index (χ0) is 11.8. The van der Waals surface area contributed by atoms with Gasteiger partial charge in [-0.25, -0.2) is 13.4 Å². The van der Waals surface area contributed by atoms with E-state index in [0.29, 0.717) is 5.75 Å². The Morgan fingerprint density at radius 3 is 2.81 bits per heavy atom. The molecule has 1 aromatic rings. The van der Waals surface area contributed by atoms with E-state index in [1.54, 1.807) is 0 Å². The lowest BCUT2D eigenvalue weighted by atomic mass is 10.4. The summed E-state index contributed by atoms with van der Waals surface area (Å²) in [5.41, 5.74) is 0.238. The van der Waals surface area contributed by atoms with Crippen LogP contribution in [0.2, 0.25) is 5.15 Å². The third kappa shape index (κ3) is 3.24. The van der Waals surface area contributed by atoms with E-state index in [4.69, 9.17) is 16.3 Å². The molecule has 88 valence electrons. The van der Waals surface area contributed by atoms with E-state index in [2.05, 4.69) is 9.71 Å². The normalized spacial score (nSPS) is 15.9. The highest BCUT2D eigenvalue weighted by atomic mass is 35.5. The first-order chi connectivity index (χ1) is 7.44. The van der Waals surface area contributed by atoms with Gasteiger partial charge in [0.1, 0.15) is 5.75 Å². The van der Waals surface area contributed by atoms with Crippen LogP contribution in [-0.2, 0) is 10.0 Å². The third-order valence-corrected chi connectivity index (χ3v) is 2.83. The van der Waals surface area contributed by atoms with Crippen molar-refractivity contribution in [1.82, 2.24) is 4.98 Å². The van der Waals surface area contributed by atoms with Crippen LogP contribution in [0.15, 0.2) is 12.3 Å². The first kappa shape index (κ1) is 11.5. The SMILES string of the molecule is CS(=O)(=O)Nc1cc(OC2CC2)cnc1Cl. The van der Waals surface area contributed by atoms with Crippen LogP contribution in [0.5, 0.6) is 5.75 Å². The Hall–Kier alpha value is -1.01. The van der Waals surface area contributed by atoms with Crippen LogP contribution in [0.1, 0.15) is 12.8 Å². The van der Waals surface area contributed by atoms with Crippen molar-refractivity contribution < 1.29 is 13.2 Å². The van der Waals surface area contributed by atoms with Crippen LogP contribution in [0.4, 0.5) is 5.69 Å². The van der Waals surface area contributed by atoms with Crippen LogP contribution in [-0.4, -0.2) is 25.8 Å². The molecule has 0 saturated heterocycles. The van der Waals surface area contributed by atoms with E-state index >= 15 is 0 Å². The van der Waals surface area contributed by atoms with Crippen LogP contribution >= 0.6 is 11.6 Å². The van der Waals surface area contributed by atoms with Crippen molar-refractivity contribution in [2.24, 2.45) is 0 Å². The minimum Gasteiger partial charge on any atom is -0.489 e. The summed E-state index contributed by atoms with van der Waals surface area (Å²) in [4.78, 5) is 3.86. The number of hydrogen-bond acceptors (Lipinski definition) is 4. The lowest BCUT2D eigenvalue weighted by molar-refractivity contribution is 0.302. The van der Waals surface area contributed by atoms with Crippen LogP contribution in [0, 0.1) is 0 Å². The minimum atomic E-state index is -3.36. The fourth-order valence-electron chi connectivity index (χ4n) is 1.14. The smallest absolute Gasteiger partial charge is 0.229 e. The van der Waals surface area contributed by atoms with Gasteiger partial charge >= 0.3 is 0 Å². The second kappa shape index (κ2) is 4.10. The van der Waals surface area contributed by atoms with Crippen LogP contribution in [0.3, 0.4) is 0 Å². The van der Waals surface area contributed by atoms with Crippen molar-refractivity contribution in [2.45, 2.75) is 18.9 Å². The quantitative estimate of drug-likeness (QED) is 0.838. The number of anilines is 1. The van der Waals surface area contributed by atoms with Crippen molar-refractivity contribution in [3.63, 3.8) is 0 Å². The van der Waals surface area contributed by atoms with Crippen molar-refractivity contribution in [3.8, 4) is 5.75 Å². The van der Waals surface area contributed by atoms with Crippen LogP contribution < -0.4 is 9.46 Å². The van der Waals surface area contributed by atoms with Gasteiger partial charge in [-0.2, -0.15) is 0 Å². The first-order valence-corrected chi connectivity index (χ1v) is 7.01. The number of nitrogens with zero attached hydrogens (tertiary/aromatic N) is 1. The molecule has 1 aliphatic rings. The van der Waals surface area contributed by atoms with Gasteiger partial charge in [0.25, 0.3) is 0 Å². The molecular formula is C9H11ClN2O3S. The molecule has 1 aliphatic carbocycles. The molecule has 0 atom stereocenters. The van der Waals surface area contributed by atoms with Crippen molar-refractivity contribution >= 4 is 27.3 Å². The fourth-order valence-corrected chi connectivity index (χ4v) is 1.90. The molecule has 0 aliphatic heterocycles. The molecule has 0 unspecified atom stereocenters. The molecule has 0 amide bonds. The highest BCUT2D eigenvalue weighted by molar-refractivity contribution is 7.92. The summed E-state index contributed by atoms with van der Waals surface area (Å²) in [5, 5.41) is 0.105. The third-order valence-electron chi connectivity index (χ3n) is 1.94. The molecule has 0 aromatic carbocycles. The second-order valence-electron chi connectivity index (χ2n) is 3.70. The van der Waals surface area contributed by atoms with Gasteiger partial charge in [0, 0.05) is 6.07 Å². The van der Waals surface area contributed by atoms with Gasteiger partial charge in [-0.1, -0.05) is 11.6 Å². The average molecular weight is 263 g/mol. The summed E-state index contributed by atoms with van der Waals surface area (Å²) < 4.78 is 29.9. The maximum Gasteiger partial charge on any atom is 0.229 e. The molecule has 0 spiro atoms. The van der Waals surface area contributed by atoms with Gasteiger partial charge in [-0.3, -0.25) is 4.72 Å². The summed E-state index contributed by atoms with van der Waals surface area (Å²) in [6, 6.07) is 1.54. The fraction of sp³-hybridized carbons (Fsp3) is 0.444. The Balaban J connectivity index is 2.21. The Morgan fingerprint density at radius 1 is 1.56 bits per heavy atom. The van der Waals surface area contributed by atoms with E-state index in [1.807, 2.05) is 0 Å². The summed E-state index contributed by atoms with van der Waals surface area (Å²) >= 11 is 5.76. The van der Waals surface area contributed by atoms with Crippen LogP contribution in [0.25, 0.3) is 0 Å². The molecule has 1 saturated carbocycles. The lowest BCUT2D eigenvalue weighted by Gasteiger charge is -2.08. The average Bonchev–Trinajstić information content (AvgIpc) is 2.92. The molecule has 1 aromatic heterocycles. The Labute approximate surface area is 98.8 Å². The predicted molar refractivity (Wildman–Crippen MR) is 61.4 cm³/mol. The van der Waals surface area contributed by atoms with E-state index in [-0.39, 0.29) is 16.9 Å². The van der Waals surface area contributed by atoms with E-state index in [9.17, 15) is 8.42 Å². The number of halogens is 1. The van der Waals surface area contributed by atoms with Gasteiger partial charge < -0.3 is 4.74 Å². The Morgan fingerprint density at radius 2 is 2.25 bits per heavy atom.